The minimum Gasteiger partial charge on any atom is -0.383 e. The molecule has 0 fully saturated rings. The third-order valence-corrected chi connectivity index (χ3v) is 0.773. The van der Waals surface area contributed by atoms with Gasteiger partial charge in [0.05, 0.1) is 0 Å². The SMILES string of the molecule is [CH]c1cncnc1N. The Hall–Kier alpha value is -1.12. The molecule has 0 saturated heterocycles. The van der Waals surface area contributed by atoms with Crippen molar-refractivity contribution in [1.82, 2.24) is 9.97 Å². The van der Waals surface area contributed by atoms with E-state index < -0.39 is 0 Å². The molecule has 3 heteroatoms. The summed E-state index contributed by atoms with van der Waals surface area (Å²) in [5.74, 6) is 0.333. The van der Waals surface area contributed by atoms with E-state index in [1.165, 1.54) is 12.5 Å². The number of hydrogen-bond acceptors (Lipinski definition) is 3. The van der Waals surface area contributed by atoms with E-state index in [4.69, 9.17) is 12.7 Å². The molecule has 2 radical (unpaired) electrons. The van der Waals surface area contributed by atoms with Crippen molar-refractivity contribution in [2.45, 2.75) is 0 Å². The largest absolute Gasteiger partial charge is 0.383 e. The van der Waals surface area contributed by atoms with E-state index in [1.54, 1.807) is 0 Å². The van der Waals surface area contributed by atoms with Gasteiger partial charge in [-0.15, -0.1) is 0 Å². The van der Waals surface area contributed by atoms with Crippen LogP contribution in [0.5, 0.6) is 0 Å². The normalized spacial score (nSPS) is 9.12. The quantitative estimate of drug-likeness (QED) is 0.512. The average molecular weight is 107 g/mol. The van der Waals surface area contributed by atoms with Gasteiger partial charge in [-0.3, -0.25) is 0 Å². The van der Waals surface area contributed by atoms with Crippen molar-refractivity contribution in [1.29, 1.82) is 0 Å². The summed E-state index contributed by atoms with van der Waals surface area (Å²) in [6.07, 6.45) is 2.81. The van der Waals surface area contributed by atoms with E-state index in [-0.39, 0.29) is 0 Å². The fourth-order valence-electron chi connectivity index (χ4n) is 0.350. The minimum absolute atomic E-state index is 0.333. The third-order valence-electron chi connectivity index (χ3n) is 0.773. The molecule has 40 valence electrons. The van der Waals surface area contributed by atoms with Crippen LogP contribution in [0.4, 0.5) is 5.82 Å². The lowest BCUT2D eigenvalue weighted by Gasteiger charge is -1.91. The number of nitrogens with zero attached hydrogens (tertiary/aromatic N) is 2. The summed E-state index contributed by atoms with van der Waals surface area (Å²) in [5, 5.41) is 0. The van der Waals surface area contributed by atoms with Gasteiger partial charge in [0, 0.05) is 18.7 Å². The van der Waals surface area contributed by atoms with Gasteiger partial charge < -0.3 is 5.73 Å². The van der Waals surface area contributed by atoms with Gasteiger partial charge in [-0.2, -0.15) is 0 Å². The van der Waals surface area contributed by atoms with Gasteiger partial charge in [0.2, 0.25) is 0 Å². The minimum atomic E-state index is 0.333. The average Bonchev–Trinajstić information content (AvgIpc) is 1.77. The molecular formula is C5H5N3. The first-order valence-electron chi connectivity index (χ1n) is 2.11. The van der Waals surface area contributed by atoms with Gasteiger partial charge in [-0.25, -0.2) is 9.97 Å². The molecule has 0 saturated carbocycles. The highest BCUT2D eigenvalue weighted by Gasteiger charge is 1.88. The summed E-state index contributed by atoms with van der Waals surface area (Å²) in [7, 11) is 0. The number of aromatic nitrogens is 2. The molecule has 0 spiro atoms. The van der Waals surface area contributed by atoms with Crippen molar-refractivity contribution in [2.75, 3.05) is 5.73 Å². The maximum atomic E-state index is 5.27. The molecular weight excluding hydrogens is 102 g/mol. The molecule has 0 bridgehead atoms. The van der Waals surface area contributed by atoms with E-state index in [0.29, 0.717) is 11.4 Å². The van der Waals surface area contributed by atoms with E-state index in [0.717, 1.165) is 0 Å². The highest BCUT2D eigenvalue weighted by atomic mass is 14.9. The van der Waals surface area contributed by atoms with Gasteiger partial charge in [-0.1, -0.05) is 0 Å². The van der Waals surface area contributed by atoms with Gasteiger partial charge in [0.15, 0.2) is 0 Å². The molecule has 1 aromatic rings. The molecule has 0 amide bonds. The number of nitrogen functional groups attached to an aromatic ring is 1. The second-order valence-electron chi connectivity index (χ2n) is 1.36. The summed E-state index contributed by atoms with van der Waals surface area (Å²) < 4.78 is 0. The molecule has 8 heavy (non-hydrogen) atoms. The topological polar surface area (TPSA) is 51.8 Å². The van der Waals surface area contributed by atoms with Crippen LogP contribution in [0.15, 0.2) is 12.5 Å². The Morgan fingerprint density at radius 1 is 1.62 bits per heavy atom. The van der Waals surface area contributed by atoms with Crippen LogP contribution in [0, 0.1) is 6.92 Å². The predicted octanol–water partition coefficient (Wildman–Crippen LogP) is 0.118. The Bertz CT molecular complexity index is 164. The van der Waals surface area contributed by atoms with Crippen LogP contribution in [-0.2, 0) is 0 Å². The van der Waals surface area contributed by atoms with Crippen molar-refractivity contribution in [2.24, 2.45) is 0 Å². The summed E-state index contributed by atoms with van der Waals surface area (Å²) >= 11 is 0. The Morgan fingerprint density at radius 2 is 2.38 bits per heavy atom. The molecule has 0 atom stereocenters. The zero-order valence-corrected chi connectivity index (χ0v) is 4.20. The highest BCUT2D eigenvalue weighted by Crippen LogP contribution is 1.99. The fraction of sp³-hybridized carbons (Fsp3) is 0. The highest BCUT2D eigenvalue weighted by molar-refractivity contribution is 5.37. The van der Waals surface area contributed by atoms with Crippen LogP contribution in [0.2, 0.25) is 0 Å². The smallest absolute Gasteiger partial charge is 0.130 e. The molecule has 1 rings (SSSR count). The van der Waals surface area contributed by atoms with Crippen molar-refractivity contribution in [3.63, 3.8) is 0 Å². The zero-order valence-electron chi connectivity index (χ0n) is 4.20. The summed E-state index contributed by atoms with van der Waals surface area (Å²) in [5.41, 5.74) is 5.67. The van der Waals surface area contributed by atoms with Crippen molar-refractivity contribution in [3.8, 4) is 0 Å². The van der Waals surface area contributed by atoms with Crippen molar-refractivity contribution < 1.29 is 0 Å². The Labute approximate surface area is 47.6 Å². The van der Waals surface area contributed by atoms with Gasteiger partial charge >= 0.3 is 0 Å². The van der Waals surface area contributed by atoms with E-state index in [1.807, 2.05) is 0 Å². The first-order valence-corrected chi connectivity index (χ1v) is 2.11. The number of rotatable bonds is 0. The lowest BCUT2D eigenvalue weighted by molar-refractivity contribution is 1.16. The van der Waals surface area contributed by atoms with Crippen LogP contribution in [0.3, 0.4) is 0 Å². The summed E-state index contributed by atoms with van der Waals surface area (Å²) in [6.45, 7) is 5.27. The molecule has 0 aromatic carbocycles. The zero-order chi connectivity index (χ0) is 5.98. The lowest BCUT2D eigenvalue weighted by Crippen LogP contribution is -1.92. The molecule has 1 heterocycles. The Kier molecular flexibility index (Phi) is 1.12. The maximum absolute atomic E-state index is 5.27. The lowest BCUT2D eigenvalue weighted by atomic mass is 10.4. The maximum Gasteiger partial charge on any atom is 0.130 e. The van der Waals surface area contributed by atoms with Crippen molar-refractivity contribution >= 4 is 5.82 Å². The molecule has 0 aliphatic heterocycles. The molecule has 3 nitrogen and oxygen atoms in total. The van der Waals surface area contributed by atoms with E-state index in [2.05, 4.69) is 9.97 Å². The Morgan fingerprint density at radius 3 is 2.75 bits per heavy atom. The molecule has 2 N–H and O–H groups in total. The fourth-order valence-corrected chi connectivity index (χ4v) is 0.350. The Balaban J connectivity index is 3.13. The molecule has 0 unspecified atom stereocenters. The summed E-state index contributed by atoms with van der Waals surface area (Å²) in [4.78, 5) is 7.25. The number of nitrogens with two attached hydrogens (primary N) is 1. The first-order chi connectivity index (χ1) is 3.80. The second-order valence-corrected chi connectivity index (χ2v) is 1.36. The van der Waals surface area contributed by atoms with Gasteiger partial charge in [0.25, 0.3) is 0 Å². The van der Waals surface area contributed by atoms with Crippen LogP contribution >= 0.6 is 0 Å². The monoisotopic (exact) mass is 107 g/mol. The molecule has 0 aliphatic rings. The van der Waals surface area contributed by atoms with E-state index >= 15 is 0 Å². The van der Waals surface area contributed by atoms with E-state index in [9.17, 15) is 0 Å². The predicted molar refractivity (Wildman–Crippen MR) is 29.8 cm³/mol. The van der Waals surface area contributed by atoms with Crippen LogP contribution < -0.4 is 5.73 Å². The van der Waals surface area contributed by atoms with Gasteiger partial charge in [0.1, 0.15) is 12.1 Å². The number of anilines is 1. The van der Waals surface area contributed by atoms with Crippen LogP contribution in [-0.4, -0.2) is 9.97 Å². The molecule has 0 aliphatic carbocycles. The van der Waals surface area contributed by atoms with Crippen LogP contribution in [0.1, 0.15) is 5.56 Å². The summed E-state index contributed by atoms with van der Waals surface area (Å²) in [6, 6.07) is 0. The standard InChI is InChI=1S/C5H5N3/c1-4-2-7-3-8-5(4)6/h1-3H,(H2,6,7,8). The van der Waals surface area contributed by atoms with Crippen molar-refractivity contribution in [3.05, 3.63) is 25.0 Å². The molecule has 1 aromatic heterocycles. The first kappa shape index (κ1) is 5.03. The third kappa shape index (κ3) is 0.753. The second kappa shape index (κ2) is 1.78. The van der Waals surface area contributed by atoms with Gasteiger partial charge in [-0.05, 0) is 0 Å². The van der Waals surface area contributed by atoms with Crippen LogP contribution in [0.25, 0.3) is 0 Å². The number of hydrogen-bond donors (Lipinski definition) is 1.